The summed E-state index contributed by atoms with van der Waals surface area (Å²) in [4.78, 5) is 0. The van der Waals surface area contributed by atoms with Crippen LogP contribution in [0.1, 0.15) is 17.6 Å². The van der Waals surface area contributed by atoms with Gasteiger partial charge in [0.1, 0.15) is 0 Å². The van der Waals surface area contributed by atoms with Gasteiger partial charge in [0.25, 0.3) is 6.43 Å². The molecule has 1 aromatic carbocycles. The highest BCUT2D eigenvalue weighted by Gasteiger charge is 2.13. The number of hydrogen-bond acceptors (Lipinski definition) is 1. The summed E-state index contributed by atoms with van der Waals surface area (Å²) >= 11 is 3.02. The molecule has 0 spiro atoms. The van der Waals surface area contributed by atoms with E-state index in [2.05, 4.69) is 15.9 Å². The lowest BCUT2D eigenvalue weighted by atomic mass is 10.1. The number of nitriles is 1. The first-order valence-corrected chi connectivity index (χ1v) is 4.25. The zero-order valence-electron chi connectivity index (χ0n) is 6.47. The summed E-state index contributed by atoms with van der Waals surface area (Å²) in [7, 11) is 0. The first-order chi connectivity index (χ1) is 6.16. The van der Waals surface area contributed by atoms with E-state index in [-0.39, 0.29) is 10.0 Å². The van der Waals surface area contributed by atoms with Crippen molar-refractivity contribution in [2.75, 3.05) is 0 Å². The molecule has 0 aliphatic carbocycles. The molecule has 1 rings (SSSR count). The Bertz CT molecular complexity index is 344. The molecular formula is C9H5BrF2N. The van der Waals surface area contributed by atoms with E-state index in [1.807, 2.05) is 0 Å². The Labute approximate surface area is 83.1 Å². The highest BCUT2D eigenvalue weighted by molar-refractivity contribution is 9.10. The van der Waals surface area contributed by atoms with Gasteiger partial charge in [0.15, 0.2) is 0 Å². The fourth-order valence-corrected chi connectivity index (χ4v) is 1.47. The molecule has 4 heteroatoms. The number of alkyl halides is 2. The molecule has 0 aliphatic rings. The molecule has 0 aromatic heterocycles. The Kier molecular flexibility index (Phi) is 3.38. The van der Waals surface area contributed by atoms with Crippen LogP contribution in [0.3, 0.4) is 0 Å². The minimum absolute atomic E-state index is 0.0935. The Morgan fingerprint density at radius 2 is 2.15 bits per heavy atom. The van der Waals surface area contributed by atoms with Crippen LogP contribution in [0.25, 0.3) is 0 Å². The molecule has 0 unspecified atom stereocenters. The molecule has 1 radical (unpaired) electrons. The third-order valence-corrected chi connectivity index (χ3v) is 2.43. The van der Waals surface area contributed by atoms with Crippen molar-refractivity contribution in [1.82, 2.24) is 0 Å². The molecule has 0 aliphatic heterocycles. The van der Waals surface area contributed by atoms with Crippen LogP contribution in [0.15, 0.2) is 22.7 Å². The van der Waals surface area contributed by atoms with Crippen LogP contribution < -0.4 is 0 Å². The van der Waals surface area contributed by atoms with Crippen molar-refractivity contribution in [3.63, 3.8) is 0 Å². The van der Waals surface area contributed by atoms with Crippen LogP contribution >= 0.6 is 15.9 Å². The number of benzene rings is 1. The Morgan fingerprint density at radius 3 is 2.69 bits per heavy atom. The van der Waals surface area contributed by atoms with Crippen LogP contribution in [0.2, 0.25) is 0 Å². The van der Waals surface area contributed by atoms with Crippen molar-refractivity contribution in [1.29, 1.82) is 5.26 Å². The van der Waals surface area contributed by atoms with Gasteiger partial charge in [-0.2, -0.15) is 5.26 Å². The van der Waals surface area contributed by atoms with Gasteiger partial charge in [0, 0.05) is 10.0 Å². The van der Waals surface area contributed by atoms with E-state index >= 15 is 0 Å². The molecule has 0 saturated carbocycles. The second-order valence-electron chi connectivity index (χ2n) is 2.32. The maximum atomic E-state index is 12.3. The van der Waals surface area contributed by atoms with Crippen molar-refractivity contribution < 1.29 is 8.78 Å². The van der Waals surface area contributed by atoms with Crippen molar-refractivity contribution in [3.05, 3.63) is 40.2 Å². The van der Waals surface area contributed by atoms with Gasteiger partial charge in [-0.25, -0.2) is 8.78 Å². The quantitative estimate of drug-likeness (QED) is 0.782. The third-order valence-electron chi connectivity index (χ3n) is 1.51. The minimum Gasteiger partial charge on any atom is -0.205 e. The first-order valence-electron chi connectivity index (χ1n) is 3.46. The van der Waals surface area contributed by atoms with Crippen LogP contribution in [0.4, 0.5) is 8.78 Å². The summed E-state index contributed by atoms with van der Waals surface area (Å²) < 4.78 is 24.9. The third kappa shape index (κ3) is 2.25. The molecule has 67 valence electrons. The zero-order valence-corrected chi connectivity index (χ0v) is 8.05. The summed E-state index contributed by atoms with van der Waals surface area (Å²) in [5, 5.41) is 8.36. The number of nitrogens with zero attached hydrogens (tertiary/aromatic N) is 1. The fraction of sp³-hybridized carbons (Fsp3) is 0.111. The Balaban J connectivity index is 3.12. The van der Waals surface area contributed by atoms with E-state index in [0.717, 1.165) is 0 Å². The summed E-state index contributed by atoms with van der Waals surface area (Å²) in [5.41, 5.74) is 0.379. The Hall–Kier alpha value is -0.950. The van der Waals surface area contributed by atoms with E-state index < -0.39 is 6.43 Å². The highest BCUT2D eigenvalue weighted by atomic mass is 79.9. The zero-order chi connectivity index (χ0) is 9.84. The summed E-state index contributed by atoms with van der Waals surface area (Å²) in [6, 6.07) is 6.21. The molecule has 0 amide bonds. The van der Waals surface area contributed by atoms with E-state index in [4.69, 9.17) is 5.26 Å². The number of halogens is 3. The van der Waals surface area contributed by atoms with Crippen LogP contribution in [0, 0.1) is 17.8 Å². The molecule has 13 heavy (non-hydrogen) atoms. The molecule has 1 nitrogen and oxygen atoms in total. The van der Waals surface area contributed by atoms with Crippen molar-refractivity contribution >= 4 is 15.9 Å². The van der Waals surface area contributed by atoms with Gasteiger partial charge in [0.2, 0.25) is 0 Å². The van der Waals surface area contributed by atoms with E-state index in [0.29, 0.717) is 5.56 Å². The molecule has 0 N–H and O–H groups in total. The lowest BCUT2D eigenvalue weighted by Crippen LogP contribution is -1.90. The predicted octanol–water partition coefficient (Wildman–Crippen LogP) is 3.46. The van der Waals surface area contributed by atoms with Gasteiger partial charge in [-0.05, 0) is 21.5 Å². The monoisotopic (exact) mass is 244 g/mol. The number of hydrogen-bond donors (Lipinski definition) is 0. The topological polar surface area (TPSA) is 23.8 Å². The summed E-state index contributed by atoms with van der Waals surface area (Å²) in [6.45, 7) is 0. The average molecular weight is 245 g/mol. The smallest absolute Gasteiger partial charge is 0.205 e. The Morgan fingerprint density at radius 1 is 1.46 bits per heavy atom. The van der Waals surface area contributed by atoms with E-state index in [1.165, 1.54) is 18.6 Å². The SMILES string of the molecule is N#C[CH]c1cccc(C(F)F)c1Br. The van der Waals surface area contributed by atoms with Gasteiger partial charge in [-0.15, -0.1) is 0 Å². The summed E-state index contributed by atoms with van der Waals surface area (Å²) in [6.07, 6.45) is -1.31. The molecule has 0 bridgehead atoms. The standard InChI is InChI=1S/C9H5BrF2N/c10-8-6(4-5-13)2-1-3-7(8)9(11)12/h1-4,9H. The van der Waals surface area contributed by atoms with Crippen molar-refractivity contribution in [3.8, 4) is 6.07 Å². The fourth-order valence-electron chi connectivity index (χ4n) is 0.918. The second-order valence-corrected chi connectivity index (χ2v) is 3.12. The molecule has 0 heterocycles. The van der Waals surface area contributed by atoms with Crippen LogP contribution in [-0.2, 0) is 0 Å². The first kappa shape index (κ1) is 10.1. The maximum Gasteiger partial charge on any atom is 0.264 e. The highest BCUT2D eigenvalue weighted by Crippen LogP contribution is 2.30. The molecule has 0 atom stereocenters. The lowest BCUT2D eigenvalue weighted by molar-refractivity contribution is 0.150. The second kappa shape index (κ2) is 4.33. The van der Waals surface area contributed by atoms with Gasteiger partial charge >= 0.3 is 0 Å². The van der Waals surface area contributed by atoms with Crippen molar-refractivity contribution in [2.24, 2.45) is 0 Å². The number of rotatable bonds is 2. The average Bonchev–Trinajstić information content (AvgIpc) is 2.08. The van der Waals surface area contributed by atoms with E-state index in [9.17, 15) is 8.78 Å². The van der Waals surface area contributed by atoms with Gasteiger partial charge < -0.3 is 0 Å². The van der Waals surface area contributed by atoms with Gasteiger partial charge in [-0.3, -0.25) is 0 Å². The van der Waals surface area contributed by atoms with Crippen LogP contribution in [0.5, 0.6) is 0 Å². The molecule has 0 saturated heterocycles. The van der Waals surface area contributed by atoms with Crippen LogP contribution in [-0.4, -0.2) is 0 Å². The van der Waals surface area contributed by atoms with Gasteiger partial charge in [0.05, 0.1) is 12.5 Å². The molecular weight excluding hydrogens is 240 g/mol. The summed E-state index contributed by atoms with van der Waals surface area (Å²) in [5.74, 6) is 0. The largest absolute Gasteiger partial charge is 0.264 e. The maximum absolute atomic E-state index is 12.3. The normalized spacial score (nSPS) is 10.1. The molecule has 1 aromatic rings. The predicted molar refractivity (Wildman–Crippen MR) is 48.1 cm³/mol. The minimum atomic E-state index is -2.53. The van der Waals surface area contributed by atoms with Crippen molar-refractivity contribution in [2.45, 2.75) is 6.43 Å². The lowest BCUT2D eigenvalue weighted by Gasteiger charge is -2.05. The van der Waals surface area contributed by atoms with E-state index in [1.54, 1.807) is 12.1 Å². The van der Waals surface area contributed by atoms with Gasteiger partial charge in [-0.1, -0.05) is 18.2 Å². The molecule has 0 fully saturated rings.